The third kappa shape index (κ3) is 8.13. The first kappa shape index (κ1) is 27.4. The Balaban J connectivity index is 0.000000190. The highest BCUT2D eigenvalue weighted by molar-refractivity contribution is 7.80. The maximum absolute atomic E-state index is 13.9. The van der Waals surface area contributed by atoms with Crippen molar-refractivity contribution < 1.29 is 13.9 Å². The SMILES string of the molecule is CC.CCn1ccnc1.Cc1ccc(S)cc1.Fc1ccc(P)c2c1C1CCOCC1CO2. The maximum Gasteiger partial charge on any atom is 0.132 e. The third-order valence-electron chi connectivity index (χ3n) is 5.42. The van der Waals surface area contributed by atoms with Gasteiger partial charge in [-0.2, -0.15) is 0 Å². The van der Waals surface area contributed by atoms with Crippen molar-refractivity contribution in [1.82, 2.24) is 9.55 Å². The summed E-state index contributed by atoms with van der Waals surface area (Å²) < 4.78 is 27.0. The molecule has 0 bridgehead atoms. The van der Waals surface area contributed by atoms with Crippen molar-refractivity contribution in [2.45, 2.75) is 51.5 Å². The van der Waals surface area contributed by atoms with E-state index in [1.807, 2.05) is 48.9 Å². The van der Waals surface area contributed by atoms with Crippen LogP contribution in [-0.2, 0) is 11.3 Å². The second kappa shape index (κ2) is 14.4. The van der Waals surface area contributed by atoms with Gasteiger partial charge in [-0.15, -0.1) is 21.9 Å². The minimum absolute atomic E-state index is 0.141. The second-order valence-electron chi connectivity index (χ2n) is 7.65. The third-order valence-corrected chi connectivity index (χ3v) is 6.17. The van der Waals surface area contributed by atoms with Crippen molar-refractivity contribution >= 4 is 27.2 Å². The van der Waals surface area contributed by atoms with Crippen molar-refractivity contribution in [2.75, 3.05) is 19.8 Å². The Bertz CT molecular complexity index is 931. The zero-order valence-corrected chi connectivity index (χ0v) is 22.0. The molecule has 1 aromatic heterocycles. The first-order chi connectivity index (χ1) is 16.0. The molecule has 2 aliphatic rings. The molecule has 33 heavy (non-hydrogen) atoms. The molecule has 3 atom stereocenters. The summed E-state index contributed by atoms with van der Waals surface area (Å²) in [7, 11) is 2.61. The predicted octanol–water partition coefficient (Wildman–Crippen LogP) is 6.05. The van der Waals surface area contributed by atoms with Crippen LogP contribution in [0, 0.1) is 18.7 Å². The molecule has 1 saturated heterocycles. The number of halogens is 1. The van der Waals surface area contributed by atoms with Crippen LogP contribution in [-0.4, -0.2) is 29.4 Å². The largest absolute Gasteiger partial charge is 0.492 e. The van der Waals surface area contributed by atoms with Gasteiger partial charge in [0.15, 0.2) is 0 Å². The Labute approximate surface area is 205 Å². The summed E-state index contributed by atoms with van der Waals surface area (Å²) in [6.07, 6.45) is 6.43. The van der Waals surface area contributed by atoms with Crippen molar-refractivity contribution in [3.8, 4) is 5.75 Å². The zero-order chi connectivity index (χ0) is 24.2. The van der Waals surface area contributed by atoms with Gasteiger partial charge in [0.05, 0.1) is 19.5 Å². The molecule has 0 radical (unpaired) electrons. The van der Waals surface area contributed by atoms with Crippen LogP contribution in [0.1, 0.15) is 44.2 Å². The van der Waals surface area contributed by atoms with Crippen LogP contribution in [0.2, 0.25) is 0 Å². The van der Waals surface area contributed by atoms with E-state index in [0.717, 1.165) is 41.1 Å². The maximum atomic E-state index is 13.9. The van der Waals surface area contributed by atoms with Gasteiger partial charge in [0.25, 0.3) is 0 Å². The van der Waals surface area contributed by atoms with Crippen LogP contribution in [0.4, 0.5) is 4.39 Å². The number of imidazole rings is 1. The van der Waals surface area contributed by atoms with Gasteiger partial charge in [-0.1, -0.05) is 31.5 Å². The van der Waals surface area contributed by atoms with E-state index in [9.17, 15) is 4.39 Å². The lowest BCUT2D eigenvalue weighted by atomic mass is 9.81. The molecule has 3 aromatic rings. The molecular formula is C26H36FN2O2PS. The van der Waals surface area contributed by atoms with Gasteiger partial charge in [-0.25, -0.2) is 9.37 Å². The van der Waals surface area contributed by atoms with Gasteiger partial charge in [-0.05, 0) is 44.5 Å². The molecule has 0 amide bonds. The number of ether oxygens (including phenoxy) is 2. The summed E-state index contributed by atoms with van der Waals surface area (Å²) in [5.74, 6) is 1.16. The zero-order valence-electron chi connectivity index (χ0n) is 20.0. The summed E-state index contributed by atoms with van der Waals surface area (Å²) in [5.41, 5.74) is 2.04. The smallest absolute Gasteiger partial charge is 0.132 e. The van der Waals surface area contributed by atoms with Crippen molar-refractivity contribution in [2.24, 2.45) is 5.92 Å². The van der Waals surface area contributed by atoms with Gasteiger partial charge in [-0.3, -0.25) is 0 Å². The van der Waals surface area contributed by atoms with Crippen LogP contribution < -0.4 is 10.0 Å². The minimum atomic E-state index is -0.141. The average Bonchev–Trinajstić information content (AvgIpc) is 3.39. The molecule has 0 saturated carbocycles. The number of thiol groups is 1. The Morgan fingerprint density at radius 2 is 1.88 bits per heavy atom. The molecule has 4 nitrogen and oxygen atoms in total. The number of aryl methyl sites for hydroxylation is 2. The molecule has 0 spiro atoms. The van der Waals surface area contributed by atoms with Crippen LogP contribution in [0.3, 0.4) is 0 Å². The second-order valence-corrected chi connectivity index (χ2v) is 8.79. The minimum Gasteiger partial charge on any atom is -0.492 e. The fraction of sp³-hybridized carbons (Fsp3) is 0.423. The fourth-order valence-electron chi connectivity index (χ4n) is 3.65. The van der Waals surface area contributed by atoms with E-state index in [0.29, 0.717) is 19.1 Å². The lowest BCUT2D eigenvalue weighted by Crippen LogP contribution is -2.36. The summed E-state index contributed by atoms with van der Waals surface area (Å²) >= 11 is 4.13. The normalized spacial score (nSPS) is 17.9. The fourth-order valence-corrected chi connectivity index (χ4v) is 4.13. The molecular weight excluding hydrogens is 454 g/mol. The monoisotopic (exact) mass is 490 g/mol. The topological polar surface area (TPSA) is 36.3 Å². The quantitative estimate of drug-likeness (QED) is 0.333. The van der Waals surface area contributed by atoms with E-state index in [-0.39, 0.29) is 11.7 Å². The number of aromatic nitrogens is 2. The van der Waals surface area contributed by atoms with Gasteiger partial charge in [0.1, 0.15) is 11.6 Å². The van der Waals surface area contributed by atoms with Crippen molar-refractivity contribution in [3.63, 3.8) is 0 Å². The highest BCUT2D eigenvalue weighted by Crippen LogP contribution is 2.42. The van der Waals surface area contributed by atoms with Crippen LogP contribution >= 0.6 is 21.9 Å². The Kier molecular flexibility index (Phi) is 11.9. The van der Waals surface area contributed by atoms with Crippen molar-refractivity contribution in [3.05, 3.63) is 72.1 Å². The number of benzene rings is 2. The molecule has 5 rings (SSSR count). The summed E-state index contributed by atoms with van der Waals surface area (Å²) in [6, 6.07) is 11.3. The summed E-state index contributed by atoms with van der Waals surface area (Å²) in [4.78, 5) is 4.88. The van der Waals surface area contributed by atoms with E-state index in [1.54, 1.807) is 18.6 Å². The molecule has 0 N–H and O–H groups in total. The molecule has 3 heterocycles. The summed E-state index contributed by atoms with van der Waals surface area (Å²) in [5, 5.41) is 0.946. The molecule has 180 valence electrons. The number of hydrogen-bond acceptors (Lipinski definition) is 4. The number of hydrogen-bond donors (Lipinski definition) is 1. The van der Waals surface area contributed by atoms with Gasteiger partial charge in [0.2, 0.25) is 0 Å². The van der Waals surface area contributed by atoms with Gasteiger partial charge < -0.3 is 14.0 Å². The average molecular weight is 491 g/mol. The number of fused-ring (bicyclic) bond motifs is 3. The predicted molar refractivity (Wildman–Crippen MR) is 141 cm³/mol. The van der Waals surface area contributed by atoms with E-state index >= 15 is 0 Å². The number of nitrogens with zero attached hydrogens (tertiary/aromatic N) is 2. The Morgan fingerprint density at radius 1 is 1.15 bits per heavy atom. The Hall–Kier alpha value is -1.88. The first-order valence-corrected chi connectivity index (χ1v) is 12.5. The van der Waals surface area contributed by atoms with Gasteiger partial charge >= 0.3 is 0 Å². The van der Waals surface area contributed by atoms with Crippen LogP contribution in [0.5, 0.6) is 5.75 Å². The van der Waals surface area contributed by atoms with Crippen LogP contribution in [0.25, 0.3) is 0 Å². The molecule has 2 aliphatic heterocycles. The van der Waals surface area contributed by atoms with E-state index in [2.05, 4.69) is 40.7 Å². The molecule has 2 aromatic carbocycles. The molecule has 3 unspecified atom stereocenters. The molecule has 1 fully saturated rings. The number of rotatable bonds is 1. The van der Waals surface area contributed by atoms with E-state index in [1.165, 1.54) is 11.6 Å². The van der Waals surface area contributed by atoms with E-state index in [4.69, 9.17) is 9.47 Å². The Morgan fingerprint density at radius 3 is 2.45 bits per heavy atom. The lowest BCUT2D eigenvalue weighted by molar-refractivity contribution is 0.00971. The molecule has 7 heteroatoms. The summed E-state index contributed by atoms with van der Waals surface area (Å²) in [6.45, 7) is 11.2. The van der Waals surface area contributed by atoms with Crippen molar-refractivity contribution in [1.29, 1.82) is 0 Å². The highest BCUT2D eigenvalue weighted by Gasteiger charge is 2.36. The molecule has 0 aliphatic carbocycles. The highest BCUT2D eigenvalue weighted by atomic mass is 32.1. The van der Waals surface area contributed by atoms with E-state index < -0.39 is 0 Å². The first-order valence-electron chi connectivity index (χ1n) is 11.5. The van der Waals surface area contributed by atoms with Crippen LogP contribution in [0.15, 0.2) is 60.0 Å². The van der Waals surface area contributed by atoms with Gasteiger partial charge in [0, 0.05) is 53.1 Å². The standard InChI is InChI=1S/C12H14FO2P.C7H8S.C5H8N2.C2H6/c13-9-1-2-10(16)12-11(9)8-3-4-14-5-7(8)6-15-12;1-6-2-4-7(8)5-3-6;1-2-7-4-3-6-5-7;1-2/h1-2,7-8H,3-6,16H2;2-5,8H,1H3;3-5H,2H2,1H3;1-2H3. The lowest BCUT2D eigenvalue weighted by Gasteiger charge is -2.37.